The molecule has 0 aliphatic carbocycles. The van der Waals surface area contributed by atoms with Crippen molar-refractivity contribution in [2.45, 2.75) is 6.54 Å². The summed E-state index contributed by atoms with van der Waals surface area (Å²) in [6.45, 7) is -0.456. The van der Waals surface area contributed by atoms with Gasteiger partial charge >= 0.3 is 5.97 Å². The molecule has 35 heavy (non-hydrogen) atoms. The predicted octanol–water partition coefficient (Wildman–Crippen LogP) is 5.31. The average molecular weight is 508 g/mol. The maximum absolute atomic E-state index is 13.4. The summed E-state index contributed by atoms with van der Waals surface area (Å²) in [5.41, 5.74) is 1.34. The molecule has 0 atom stereocenters. The topological polar surface area (TPSA) is 90.3 Å². The van der Waals surface area contributed by atoms with E-state index in [1.54, 1.807) is 36.4 Å². The number of hydrogen-bond donors (Lipinski definition) is 1. The van der Waals surface area contributed by atoms with Gasteiger partial charge in [0.15, 0.2) is 0 Å². The van der Waals surface area contributed by atoms with E-state index in [1.807, 2.05) is 24.3 Å². The molecule has 9 heteroatoms. The number of ether oxygens (including phenoxy) is 1. The zero-order chi connectivity index (χ0) is 24.9. The second kappa shape index (κ2) is 10.5. The van der Waals surface area contributed by atoms with E-state index in [1.165, 1.54) is 25.3 Å². The lowest BCUT2D eigenvalue weighted by Crippen LogP contribution is -2.34. The standard InChI is InChI=1S/C26H19Cl2N3O4/c1-35-26(34)23-22(16-8-4-2-5-9-16)24(17-10-6-3-7-11-17)30-31(25(23)33)15-21(32)29-20-13-18(27)12-19(28)14-20/h2-14H,15H2,1H3,(H,29,32). The fourth-order valence-electron chi connectivity index (χ4n) is 3.62. The zero-order valence-corrected chi connectivity index (χ0v) is 20.0. The molecule has 4 rings (SSSR count). The van der Waals surface area contributed by atoms with E-state index in [-0.39, 0.29) is 5.56 Å². The van der Waals surface area contributed by atoms with Gasteiger partial charge in [0.05, 0.1) is 12.8 Å². The second-order valence-electron chi connectivity index (χ2n) is 7.49. The Morgan fingerprint density at radius 3 is 2.06 bits per heavy atom. The Hall–Kier alpha value is -3.94. The van der Waals surface area contributed by atoms with Gasteiger partial charge in [0.2, 0.25) is 5.91 Å². The number of halogens is 2. The molecule has 0 aliphatic heterocycles. The largest absolute Gasteiger partial charge is 0.465 e. The first-order chi connectivity index (χ1) is 16.9. The minimum absolute atomic E-state index is 0.217. The summed E-state index contributed by atoms with van der Waals surface area (Å²) in [6, 6.07) is 22.6. The van der Waals surface area contributed by atoms with E-state index >= 15 is 0 Å². The van der Waals surface area contributed by atoms with Crippen LogP contribution in [0.3, 0.4) is 0 Å². The summed E-state index contributed by atoms with van der Waals surface area (Å²) in [5, 5.41) is 7.82. The number of esters is 1. The smallest absolute Gasteiger partial charge is 0.344 e. The molecular weight excluding hydrogens is 489 g/mol. The molecule has 1 aromatic heterocycles. The summed E-state index contributed by atoms with van der Waals surface area (Å²) in [7, 11) is 1.19. The lowest BCUT2D eigenvalue weighted by molar-refractivity contribution is -0.117. The van der Waals surface area contributed by atoms with Crippen molar-refractivity contribution in [1.29, 1.82) is 0 Å². The maximum Gasteiger partial charge on any atom is 0.344 e. The molecule has 1 N–H and O–H groups in total. The van der Waals surface area contributed by atoms with E-state index in [0.717, 1.165) is 4.68 Å². The van der Waals surface area contributed by atoms with E-state index in [9.17, 15) is 14.4 Å². The highest BCUT2D eigenvalue weighted by Gasteiger charge is 2.26. The number of methoxy groups -OCH3 is 1. The van der Waals surface area contributed by atoms with Crippen molar-refractivity contribution >= 4 is 40.8 Å². The van der Waals surface area contributed by atoms with Crippen LogP contribution >= 0.6 is 23.2 Å². The van der Waals surface area contributed by atoms with Crippen LogP contribution in [0, 0.1) is 0 Å². The molecular formula is C26H19Cl2N3O4. The normalized spacial score (nSPS) is 10.6. The molecule has 0 radical (unpaired) electrons. The highest BCUT2D eigenvalue weighted by atomic mass is 35.5. The highest BCUT2D eigenvalue weighted by molar-refractivity contribution is 6.35. The third-order valence-electron chi connectivity index (χ3n) is 5.09. The first kappa shape index (κ1) is 24.2. The zero-order valence-electron chi connectivity index (χ0n) is 18.5. The summed E-state index contributed by atoms with van der Waals surface area (Å²) >= 11 is 12.0. The molecule has 0 saturated carbocycles. The number of aromatic nitrogens is 2. The Labute approximate surface area is 210 Å². The first-order valence-corrected chi connectivity index (χ1v) is 11.2. The first-order valence-electron chi connectivity index (χ1n) is 10.5. The Bertz CT molecular complexity index is 1430. The minimum Gasteiger partial charge on any atom is -0.465 e. The van der Waals surface area contributed by atoms with Gasteiger partial charge in [-0.2, -0.15) is 5.10 Å². The van der Waals surface area contributed by atoms with E-state index in [4.69, 9.17) is 27.9 Å². The monoisotopic (exact) mass is 507 g/mol. The van der Waals surface area contributed by atoms with Gasteiger partial charge in [0.1, 0.15) is 12.1 Å². The van der Waals surface area contributed by atoms with Gasteiger partial charge < -0.3 is 10.1 Å². The van der Waals surface area contributed by atoms with Crippen LogP contribution in [-0.4, -0.2) is 28.8 Å². The van der Waals surface area contributed by atoms with Crippen LogP contribution in [0.5, 0.6) is 0 Å². The Morgan fingerprint density at radius 2 is 1.49 bits per heavy atom. The molecule has 0 unspecified atom stereocenters. The van der Waals surface area contributed by atoms with Gasteiger partial charge in [0, 0.05) is 26.9 Å². The van der Waals surface area contributed by atoms with Crippen LogP contribution in [0.2, 0.25) is 10.0 Å². The number of hydrogen-bond acceptors (Lipinski definition) is 5. The molecule has 176 valence electrons. The molecule has 0 aliphatic rings. The van der Waals surface area contributed by atoms with Crippen molar-refractivity contribution in [3.8, 4) is 22.4 Å². The molecule has 0 fully saturated rings. The van der Waals surface area contributed by atoms with Crippen molar-refractivity contribution in [1.82, 2.24) is 9.78 Å². The van der Waals surface area contributed by atoms with Crippen LogP contribution in [0.4, 0.5) is 5.69 Å². The van der Waals surface area contributed by atoms with Crippen LogP contribution in [-0.2, 0) is 16.1 Å². The summed E-state index contributed by atoms with van der Waals surface area (Å²) in [4.78, 5) is 39.0. The summed E-state index contributed by atoms with van der Waals surface area (Å²) < 4.78 is 5.89. The molecule has 7 nitrogen and oxygen atoms in total. The molecule has 4 aromatic rings. The number of nitrogens with zero attached hydrogens (tertiary/aromatic N) is 2. The second-order valence-corrected chi connectivity index (χ2v) is 8.36. The van der Waals surface area contributed by atoms with Gasteiger partial charge in [-0.3, -0.25) is 9.59 Å². The van der Waals surface area contributed by atoms with Crippen molar-refractivity contribution in [2.24, 2.45) is 0 Å². The van der Waals surface area contributed by atoms with Crippen LogP contribution < -0.4 is 10.9 Å². The lowest BCUT2D eigenvalue weighted by atomic mass is 9.95. The third kappa shape index (κ3) is 5.42. The number of nitrogens with one attached hydrogen (secondary N) is 1. The van der Waals surface area contributed by atoms with Crippen molar-refractivity contribution < 1.29 is 14.3 Å². The maximum atomic E-state index is 13.4. The van der Waals surface area contributed by atoms with E-state index in [0.29, 0.717) is 38.1 Å². The van der Waals surface area contributed by atoms with Crippen LogP contribution in [0.15, 0.2) is 83.7 Å². The van der Waals surface area contributed by atoms with Crippen molar-refractivity contribution in [3.05, 3.63) is 105 Å². The van der Waals surface area contributed by atoms with Gasteiger partial charge in [-0.05, 0) is 23.8 Å². The minimum atomic E-state index is -0.829. The third-order valence-corrected chi connectivity index (χ3v) is 5.53. The predicted molar refractivity (Wildman–Crippen MR) is 136 cm³/mol. The Morgan fingerprint density at radius 1 is 0.914 bits per heavy atom. The van der Waals surface area contributed by atoms with Gasteiger partial charge in [-0.1, -0.05) is 83.9 Å². The number of carbonyl (C=O) groups excluding carboxylic acids is 2. The highest BCUT2D eigenvalue weighted by Crippen LogP contribution is 2.32. The molecule has 1 amide bonds. The number of anilines is 1. The quantitative estimate of drug-likeness (QED) is 0.357. The van der Waals surface area contributed by atoms with Gasteiger partial charge in [-0.25, -0.2) is 9.48 Å². The van der Waals surface area contributed by atoms with E-state index < -0.39 is 24.0 Å². The average Bonchev–Trinajstić information content (AvgIpc) is 2.84. The summed E-state index contributed by atoms with van der Waals surface area (Å²) in [6.07, 6.45) is 0. The fraction of sp³-hybridized carbons (Fsp3) is 0.0769. The van der Waals surface area contributed by atoms with Crippen molar-refractivity contribution in [3.63, 3.8) is 0 Å². The van der Waals surface area contributed by atoms with Gasteiger partial charge in [0.25, 0.3) is 5.56 Å². The molecule has 0 spiro atoms. The fourth-order valence-corrected chi connectivity index (χ4v) is 4.14. The number of amides is 1. The Balaban J connectivity index is 1.86. The SMILES string of the molecule is COC(=O)c1c(-c2ccccc2)c(-c2ccccc2)nn(CC(=O)Nc2cc(Cl)cc(Cl)c2)c1=O. The Kier molecular flexibility index (Phi) is 7.29. The summed E-state index contributed by atoms with van der Waals surface area (Å²) in [5.74, 6) is -1.38. The number of rotatable bonds is 6. The molecule has 0 saturated heterocycles. The van der Waals surface area contributed by atoms with Crippen molar-refractivity contribution in [2.75, 3.05) is 12.4 Å². The number of benzene rings is 3. The van der Waals surface area contributed by atoms with Crippen LogP contribution in [0.1, 0.15) is 10.4 Å². The number of carbonyl (C=O) groups is 2. The van der Waals surface area contributed by atoms with E-state index in [2.05, 4.69) is 10.4 Å². The lowest BCUT2D eigenvalue weighted by Gasteiger charge is -2.16. The van der Waals surface area contributed by atoms with Crippen LogP contribution in [0.25, 0.3) is 22.4 Å². The molecule has 3 aromatic carbocycles. The molecule has 0 bridgehead atoms. The molecule has 1 heterocycles. The van der Waals surface area contributed by atoms with Gasteiger partial charge in [-0.15, -0.1) is 0 Å².